The fourth-order valence-electron chi connectivity index (χ4n) is 4.60. The number of aryl methyl sites for hydroxylation is 1. The number of hydrogen-bond donors (Lipinski definition) is 0. The zero-order valence-electron chi connectivity index (χ0n) is 19.2. The van der Waals surface area contributed by atoms with E-state index in [4.69, 9.17) is 0 Å². The molecule has 0 aliphatic carbocycles. The molecule has 2 aromatic rings. The second-order valence-electron chi connectivity index (χ2n) is 8.99. The summed E-state index contributed by atoms with van der Waals surface area (Å²) in [5.41, 5.74) is 2.28. The highest BCUT2D eigenvalue weighted by molar-refractivity contribution is 7.89. The van der Waals surface area contributed by atoms with Crippen LogP contribution in [0.5, 0.6) is 0 Å². The summed E-state index contributed by atoms with van der Waals surface area (Å²) in [5, 5.41) is 0. The number of sulfonamides is 1. The number of amides is 1. The predicted octanol–water partition coefficient (Wildman–Crippen LogP) is 3.66. The Hall–Kier alpha value is -2.29. The molecule has 2 saturated heterocycles. The van der Waals surface area contributed by atoms with Crippen molar-refractivity contribution >= 4 is 15.9 Å². The first-order chi connectivity index (χ1) is 15.8. The van der Waals surface area contributed by atoms with Gasteiger partial charge in [0.15, 0.2) is 0 Å². The van der Waals surface area contributed by atoms with Crippen LogP contribution in [0.15, 0.2) is 47.4 Å². The lowest BCUT2D eigenvalue weighted by Crippen LogP contribution is -2.37. The predicted molar refractivity (Wildman–Crippen MR) is 126 cm³/mol. The first-order valence-corrected chi connectivity index (χ1v) is 13.2. The Morgan fingerprint density at radius 1 is 0.879 bits per heavy atom. The number of piperidine rings is 1. The molecular weight excluding hydrogens is 441 g/mol. The average molecular weight is 474 g/mol. The lowest BCUT2D eigenvalue weighted by atomic mass is 10.1. The molecule has 178 valence electrons. The van der Waals surface area contributed by atoms with E-state index in [0.29, 0.717) is 44.8 Å². The average Bonchev–Trinajstić information content (AvgIpc) is 3.06. The Bertz CT molecular complexity index is 1080. The van der Waals surface area contributed by atoms with E-state index < -0.39 is 10.0 Å². The van der Waals surface area contributed by atoms with Crippen LogP contribution in [0.2, 0.25) is 0 Å². The molecule has 2 aliphatic heterocycles. The summed E-state index contributed by atoms with van der Waals surface area (Å²) in [6.07, 6.45) is 3.63. The number of benzene rings is 2. The third-order valence-electron chi connectivity index (χ3n) is 6.59. The van der Waals surface area contributed by atoms with Gasteiger partial charge in [-0.05, 0) is 61.6 Å². The molecular formula is C25H32FN3O3S. The summed E-state index contributed by atoms with van der Waals surface area (Å²) >= 11 is 0. The largest absolute Gasteiger partial charge is 0.337 e. The molecule has 0 aromatic heterocycles. The molecule has 2 aromatic carbocycles. The van der Waals surface area contributed by atoms with Crippen molar-refractivity contribution in [3.8, 4) is 0 Å². The standard InChI is InChI=1S/C25H32FN3O3S/c1-20-6-11-23(33(31,32)29-14-3-2-4-15-29)18-24(20)25(30)28-13-5-12-27(16-17-28)19-21-7-9-22(26)10-8-21/h6-11,18H,2-5,12-17,19H2,1H3. The summed E-state index contributed by atoms with van der Waals surface area (Å²) in [7, 11) is -3.59. The molecule has 8 heteroatoms. The molecule has 2 fully saturated rings. The third kappa shape index (κ3) is 5.62. The van der Waals surface area contributed by atoms with Gasteiger partial charge in [0.25, 0.3) is 5.91 Å². The van der Waals surface area contributed by atoms with Crippen molar-refractivity contribution in [3.05, 3.63) is 65.0 Å². The van der Waals surface area contributed by atoms with Crippen molar-refractivity contribution in [3.63, 3.8) is 0 Å². The number of carbonyl (C=O) groups is 1. The van der Waals surface area contributed by atoms with Gasteiger partial charge in [0.1, 0.15) is 5.82 Å². The van der Waals surface area contributed by atoms with Gasteiger partial charge in [0, 0.05) is 51.4 Å². The zero-order chi connectivity index (χ0) is 23.4. The molecule has 0 unspecified atom stereocenters. The minimum absolute atomic E-state index is 0.119. The van der Waals surface area contributed by atoms with E-state index in [0.717, 1.165) is 43.4 Å². The second-order valence-corrected chi connectivity index (χ2v) is 10.9. The molecule has 6 nitrogen and oxygen atoms in total. The third-order valence-corrected chi connectivity index (χ3v) is 8.48. The van der Waals surface area contributed by atoms with Gasteiger partial charge in [-0.2, -0.15) is 4.31 Å². The van der Waals surface area contributed by atoms with Crippen LogP contribution >= 0.6 is 0 Å². The Kier molecular flexibility index (Phi) is 7.46. The van der Waals surface area contributed by atoms with Crippen molar-refractivity contribution in [2.24, 2.45) is 0 Å². The van der Waals surface area contributed by atoms with Crippen LogP contribution in [0.1, 0.15) is 47.2 Å². The van der Waals surface area contributed by atoms with E-state index in [-0.39, 0.29) is 16.6 Å². The number of halogens is 1. The maximum absolute atomic E-state index is 13.4. The van der Waals surface area contributed by atoms with E-state index in [1.165, 1.54) is 16.4 Å². The first kappa shape index (κ1) is 23.9. The van der Waals surface area contributed by atoms with Crippen molar-refractivity contribution < 1.29 is 17.6 Å². The molecule has 4 rings (SSSR count). The molecule has 0 spiro atoms. The molecule has 2 heterocycles. The van der Waals surface area contributed by atoms with Gasteiger partial charge in [-0.25, -0.2) is 12.8 Å². The molecule has 1 amide bonds. The topological polar surface area (TPSA) is 60.9 Å². The van der Waals surface area contributed by atoms with Gasteiger partial charge in [-0.3, -0.25) is 9.69 Å². The Morgan fingerprint density at radius 2 is 1.61 bits per heavy atom. The monoisotopic (exact) mass is 473 g/mol. The van der Waals surface area contributed by atoms with Gasteiger partial charge in [0.2, 0.25) is 10.0 Å². The van der Waals surface area contributed by atoms with Crippen LogP contribution in [0, 0.1) is 12.7 Å². The molecule has 0 saturated carbocycles. The Morgan fingerprint density at radius 3 is 2.33 bits per heavy atom. The van der Waals surface area contributed by atoms with E-state index in [9.17, 15) is 17.6 Å². The summed E-state index contributed by atoms with van der Waals surface area (Å²) in [6.45, 7) is 6.40. The minimum atomic E-state index is -3.59. The molecule has 0 atom stereocenters. The highest BCUT2D eigenvalue weighted by atomic mass is 32.2. The van der Waals surface area contributed by atoms with Gasteiger partial charge >= 0.3 is 0 Å². The highest BCUT2D eigenvalue weighted by Crippen LogP contribution is 2.24. The number of nitrogens with zero attached hydrogens (tertiary/aromatic N) is 3. The van der Waals surface area contributed by atoms with Crippen molar-refractivity contribution in [1.82, 2.24) is 14.1 Å². The van der Waals surface area contributed by atoms with E-state index in [1.807, 2.05) is 11.8 Å². The highest BCUT2D eigenvalue weighted by Gasteiger charge is 2.28. The summed E-state index contributed by atoms with van der Waals surface area (Å²) < 4.78 is 40.9. The fourth-order valence-corrected chi connectivity index (χ4v) is 6.14. The van der Waals surface area contributed by atoms with Crippen LogP contribution in [0.3, 0.4) is 0 Å². The SMILES string of the molecule is Cc1ccc(S(=O)(=O)N2CCCCC2)cc1C(=O)N1CCCN(Cc2ccc(F)cc2)CC1. The second kappa shape index (κ2) is 10.3. The smallest absolute Gasteiger partial charge is 0.254 e. The number of rotatable bonds is 5. The molecule has 0 radical (unpaired) electrons. The summed E-state index contributed by atoms with van der Waals surface area (Å²) in [4.78, 5) is 17.7. The van der Waals surface area contributed by atoms with Crippen molar-refractivity contribution in [1.29, 1.82) is 0 Å². The van der Waals surface area contributed by atoms with E-state index in [1.54, 1.807) is 30.3 Å². The summed E-state index contributed by atoms with van der Waals surface area (Å²) in [5.74, 6) is -0.363. The van der Waals surface area contributed by atoms with Crippen LogP contribution in [0.25, 0.3) is 0 Å². The fraction of sp³-hybridized carbons (Fsp3) is 0.480. The maximum atomic E-state index is 13.4. The van der Waals surface area contributed by atoms with Crippen LogP contribution in [-0.2, 0) is 16.6 Å². The van der Waals surface area contributed by atoms with E-state index in [2.05, 4.69) is 4.90 Å². The minimum Gasteiger partial charge on any atom is -0.337 e. The quantitative estimate of drug-likeness (QED) is 0.665. The van der Waals surface area contributed by atoms with Crippen LogP contribution in [0.4, 0.5) is 4.39 Å². The normalized spacial score (nSPS) is 18.8. The van der Waals surface area contributed by atoms with E-state index >= 15 is 0 Å². The van der Waals surface area contributed by atoms with Crippen molar-refractivity contribution in [2.45, 2.75) is 44.0 Å². The van der Waals surface area contributed by atoms with Crippen LogP contribution in [-0.4, -0.2) is 67.7 Å². The lowest BCUT2D eigenvalue weighted by molar-refractivity contribution is 0.0760. The number of carbonyl (C=O) groups excluding carboxylic acids is 1. The van der Waals surface area contributed by atoms with Gasteiger partial charge in [-0.1, -0.05) is 24.6 Å². The molecule has 33 heavy (non-hydrogen) atoms. The maximum Gasteiger partial charge on any atom is 0.254 e. The lowest BCUT2D eigenvalue weighted by Gasteiger charge is -2.26. The Labute approximate surface area is 196 Å². The molecule has 2 aliphatic rings. The van der Waals surface area contributed by atoms with Crippen molar-refractivity contribution in [2.75, 3.05) is 39.3 Å². The first-order valence-electron chi connectivity index (χ1n) is 11.7. The zero-order valence-corrected chi connectivity index (χ0v) is 20.0. The van der Waals surface area contributed by atoms with Gasteiger partial charge in [0.05, 0.1) is 4.90 Å². The van der Waals surface area contributed by atoms with Gasteiger partial charge in [-0.15, -0.1) is 0 Å². The van der Waals surface area contributed by atoms with Gasteiger partial charge < -0.3 is 4.90 Å². The number of hydrogen-bond acceptors (Lipinski definition) is 4. The van der Waals surface area contributed by atoms with Crippen LogP contribution < -0.4 is 0 Å². The molecule has 0 N–H and O–H groups in total. The summed E-state index contributed by atoms with van der Waals surface area (Å²) in [6, 6.07) is 11.4. The Balaban J connectivity index is 1.46. The molecule has 0 bridgehead atoms.